The van der Waals surface area contributed by atoms with Crippen molar-refractivity contribution in [1.82, 2.24) is 0 Å². The van der Waals surface area contributed by atoms with Crippen LogP contribution in [0.15, 0.2) is 71.2 Å². The second-order valence-corrected chi connectivity index (χ2v) is 11.2. The summed E-state index contributed by atoms with van der Waals surface area (Å²) in [6.07, 6.45) is 0.821. The quantitative estimate of drug-likeness (QED) is 0.549. The summed E-state index contributed by atoms with van der Waals surface area (Å²) in [5.74, 6) is -2.05. The maximum Gasteiger partial charge on any atom is 0.228 e. The Kier molecular flexibility index (Phi) is 4.63. The molecule has 0 aromatic heterocycles. The summed E-state index contributed by atoms with van der Waals surface area (Å²) in [4.78, 5) is 54.7. The molecule has 36 heavy (non-hydrogen) atoms. The lowest BCUT2D eigenvalue weighted by atomic mass is 9.64. The molecular formula is C30H26O6. The second kappa shape index (κ2) is 7.36. The van der Waals surface area contributed by atoms with Crippen molar-refractivity contribution in [2.45, 2.75) is 51.7 Å². The van der Waals surface area contributed by atoms with Gasteiger partial charge in [-0.15, -0.1) is 0 Å². The molecule has 2 atom stereocenters. The molecule has 2 aromatic rings. The number of benzene rings is 2. The van der Waals surface area contributed by atoms with Crippen molar-refractivity contribution in [1.29, 1.82) is 0 Å². The van der Waals surface area contributed by atoms with Crippen LogP contribution in [-0.2, 0) is 9.47 Å². The zero-order chi connectivity index (χ0) is 25.6. The van der Waals surface area contributed by atoms with Crippen LogP contribution in [-0.4, -0.2) is 34.3 Å². The highest BCUT2D eigenvalue weighted by molar-refractivity contribution is 6.28. The second-order valence-electron chi connectivity index (χ2n) is 11.2. The van der Waals surface area contributed by atoms with Gasteiger partial charge >= 0.3 is 0 Å². The Morgan fingerprint density at radius 1 is 0.556 bits per heavy atom. The monoisotopic (exact) mass is 482 g/mol. The van der Waals surface area contributed by atoms with Crippen LogP contribution in [0.1, 0.15) is 82.0 Å². The van der Waals surface area contributed by atoms with E-state index in [1.807, 2.05) is 27.7 Å². The van der Waals surface area contributed by atoms with Gasteiger partial charge in [-0.2, -0.15) is 0 Å². The van der Waals surface area contributed by atoms with Crippen LogP contribution in [0.2, 0.25) is 0 Å². The lowest BCUT2D eigenvalue weighted by Crippen LogP contribution is -2.48. The van der Waals surface area contributed by atoms with Crippen molar-refractivity contribution < 1.29 is 28.7 Å². The van der Waals surface area contributed by atoms with Crippen LogP contribution >= 0.6 is 0 Å². The van der Waals surface area contributed by atoms with Crippen molar-refractivity contribution in [3.8, 4) is 0 Å². The minimum absolute atomic E-state index is 0.0568. The maximum absolute atomic E-state index is 13.8. The zero-order valence-corrected chi connectivity index (χ0v) is 20.6. The third-order valence-corrected chi connectivity index (χ3v) is 7.63. The average molecular weight is 483 g/mol. The lowest BCUT2D eigenvalue weighted by Gasteiger charge is -2.47. The van der Waals surface area contributed by atoms with Crippen LogP contribution < -0.4 is 0 Å². The van der Waals surface area contributed by atoms with E-state index in [4.69, 9.17) is 9.47 Å². The third-order valence-electron chi connectivity index (χ3n) is 7.63. The SMILES string of the molecule is CC1(C)C[C@@H]([C@H]2CC(C)(C)OC3=C2C(=O)c2ccccc2C3=O)C2=C(O1)C(=O)c1ccccc1C2=O. The Morgan fingerprint density at radius 2 is 0.861 bits per heavy atom. The summed E-state index contributed by atoms with van der Waals surface area (Å²) in [5.41, 5.74) is 0.407. The Balaban J connectivity index is 1.57. The number of fused-ring (bicyclic) bond motifs is 2. The molecule has 0 amide bonds. The van der Waals surface area contributed by atoms with Crippen molar-refractivity contribution in [3.63, 3.8) is 0 Å². The molecule has 4 aliphatic rings. The molecule has 0 fully saturated rings. The van der Waals surface area contributed by atoms with Crippen LogP contribution in [0.3, 0.4) is 0 Å². The summed E-state index contributed by atoms with van der Waals surface area (Å²) >= 11 is 0. The van der Waals surface area contributed by atoms with Crippen molar-refractivity contribution >= 4 is 23.1 Å². The molecule has 6 nitrogen and oxygen atoms in total. The van der Waals surface area contributed by atoms with Gasteiger partial charge in [-0.25, -0.2) is 0 Å². The van der Waals surface area contributed by atoms with E-state index in [2.05, 4.69) is 0 Å². The van der Waals surface area contributed by atoms with Gasteiger partial charge in [0, 0.05) is 34.1 Å². The molecule has 2 aliphatic carbocycles. The van der Waals surface area contributed by atoms with Gasteiger partial charge < -0.3 is 9.47 Å². The number of hydrogen-bond donors (Lipinski definition) is 0. The van der Waals surface area contributed by atoms with Crippen LogP contribution in [0.4, 0.5) is 0 Å². The summed E-state index contributed by atoms with van der Waals surface area (Å²) in [5, 5.41) is 0. The van der Waals surface area contributed by atoms with Gasteiger partial charge in [0.05, 0.1) is 11.1 Å². The zero-order valence-electron chi connectivity index (χ0n) is 20.6. The van der Waals surface area contributed by atoms with E-state index >= 15 is 0 Å². The highest BCUT2D eigenvalue weighted by Gasteiger charge is 2.53. The van der Waals surface area contributed by atoms with Gasteiger partial charge in [-0.3, -0.25) is 19.2 Å². The van der Waals surface area contributed by atoms with E-state index in [0.29, 0.717) is 46.2 Å². The molecule has 0 saturated carbocycles. The number of carbonyl (C=O) groups excluding carboxylic acids is 4. The molecule has 6 rings (SSSR count). The molecular weight excluding hydrogens is 456 g/mol. The largest absolute Gasteiger partial charge is 0.483 e. The molecule has 2 aliphatic heterocycles. The fourth-order valence-electron chi connectivity index (χ4n) is 6.21. The van der Waals surface area contributed by atoms with Gasteiger partial charge in [-0.1, -0.05) is 48.5 Å². The number of ketones is 4. The first-order valence-corrected chi connectivity index (χ1v) is 12.2. The predicted molar refractivity (Wildman–Crippen MR) is 131 cm³/mol. The van der Waals surface area contributed by atoms with E-state index in [1.165, 1.54) is 0 Å². The van der Waals surface area contributed by atoms with Gasteiger partial charge in [-0.05, 0) is 40.5 Å². The summed E-state index contributed by atoms with van der Waals surface area (Å²) < 4.78 is 12.3. The number of Topliss-reactive ketones (excluding diaryl/α,β-unsaturated/α-hetero) is 4. The Morgan fingerprint density at radius 3 is 1.19 bits per heavy atom. The fourth-order valence-corrected chi connectivity index (χ4v) is 6.21. The minimum Gasteiger partial charge on any atom is -0.483 e. The number of allylic oxidation sites excluding steroid dienone is 4. The summed E-state index contributed by atoms with van der Waals surface area (Å²) in [7, 11) is 0. The van der Waals surface area contributed by atoms with Crippen molar-refractivity contribution in [2.75, 3.05) is 0 Å². The number of rotatable bonds is 1. The highest BCUT2D eigenvalue weighted by Crippen LogP contribution is 2.52. The van der Waals surface area contributed by atoms with Gasteiger partial charge in [0.25, 0.3) is 0 Å². The molecule has 0 radical (unpaired) electrons. The first-order valence-electron chi connectivity index (χ1n) is 12.2. The molecule has 2 heterocycles. The van der Waals surface area contributed by atoms with E-state index in [9.17, 15) is 19.2 Å². The smallest absolute Gasteiger partial charge is 0.228 e. The number of hydrogen-bond acceptors (Lipinski definition) is 6. The molecule has 0 spiro atoms. The summed E-state index contributed by atoms with van der Waals surface area (Å²) in [6, 6.07) is 13.5. The van der Waals surface area contributed by atoms with Crippen LogP contribution in [0.5, 0.6) is 0 Å². The highest BCUT2D eigenvalue weighted by atomic mass is 16.5. The average Bonchev–Trinajstić information content (AvgIpc) is 2.84. The van der Waals surface area contributed by atoms with Gasteiger partial charge in [0.2, 0.25) is 11.6 Å². The Bertz CT molecular complexity index is 1360. The molecule has 0 N–H and O–H groups in total. The molecule has 6 heteroatoms. The van der Waals surface area contributed by atoms with Crippen LogP contribution in [0, 0.1) is 11.8 Å². The third kappa shape index (κ3) is 3.16. The van der Waals surface area contributed by atoms with Crippen LogP contribution in [0.25, 0.3) is 0 Å². The van der Waals surface area contributed by atoms with E-state index in [0.717, 1.165) is 0 Å². The Labute approximate surface area is 209 Å². The van der Waals surface area contributed by atoms with Crippen molar-refractivity contribution in [2.24, 2.45) is 11.8 Å². The standard InChI is InChI=1S/C30H26O6/c1-29(2)13-19(21-23(31)15-9-5-7-11-17(15)25(33)27(21)35-29)20-14-30(3,4)36-28-22(20)24(32)16-10-6-8-12-18(16)26(28)34/h5-12,19-20H,13-14H2,1-4H3/t19-,20+. The minimum atomic E-state index is -0.755. The van der Waals surface area contributed by atoms with Gasteiger partial charge in [0.1, 0.15) is 11.2 Å². The first-order chi connectivity index (χ1) is 17.0. The van der Waals surface area contributed by atoms with Crippen molar-refractivity contribution in [3.05, 3.63) is 93.4 Å². The fraction of sp³-hybridized carbons (Fsp3) is 0.333. The molecule has 2 aromatic carbocycles. The molecule has 0 bridgehead atoms. The first kappa shape index (κ1) is 22.7. The Hall–Kier alpha value is -3.80. The lowest BCUT2D eigenvalue weighted by molar-refractivity contribution is -0.0353. The number of ether oxygens (including phenoxy) is 2. The molecule has 0 unspecified atom stereocenters. The van der Waals surface area contributed by atoms with Gasteiger partial charge in [0.15, 0.2) is 23.1 Å². The predicted octanol–water partition coefficient (Wildman–Crippen LogP) is 5.28. The summed E-state index contributed by atoms with van der Waals surface area (Å²) in [6.45, 7) is 7.52. The van der Waals surface area contributed by atoms with E-state index in [-0.39, 0.29) is 34.7 Å². The molecule has 182 valence electrons. The van der Waals surface area contributed by atoms with E-state index < -0.39 is 23.0 Å². The molecule has 0 saturated heterocycles. The number of carbonyl (C=O) groups is 4. The topological polar surface area (TPSA) is 86.7 Å². The van der Waals surface area contributed by atoms with E-state index in [1.54, 1.807) is 48.5 Å². The maximum atomic E-state index is 13.8. The normalized spacial score (nSPS) is 25.9.